The van der Waals surface area contributed by atoms with Gasteiger partial charge in [0.1, 0.15) is 0 Å². The lowest BCUT2D eigenvalue weighted by molar-refractivity contribution is -0.119. The second kappa shape index (κ2) is 9.48. The number of ether oxygens (including phenoxy) is 1. The van der Waals surface area contributed by atoms with Crippen molar-refractivity contribution >= 4 is 44.9 Å². The van der Waals surface area contributed by atoms with Gasteiger partial charge in [-0.25, -0.2) is 13.2 Å². The summed E-state index contributed by atoms with van der Waals surface area (Å²) in [6, 6.07) is 16.5. The number of esters is 1. The minimum atomic E-state index is -3.86. The van der Waals surface area contributed by atoms with Gasteiger partial charge in [0, 0.05) is 6.54 Å². The molecule has 0 fully saturated rings. The Morgan fingerprint density at radius 2 is 1.82 bits per heavy atom. The molecule has 0 saturated carbocycles. The first kappa shape index (κ1) is 23.8. The zero-order chi connectivity index (χ0) is 24.5. The smallest absolute Gasteiger partial charge is 0.338 e. The van der Waals surface area contributed by atoms with Crippen LogP contribution >= 0.6 is 11.6 Å². The van der Waals surface area contributed by atoms with Crippen LogP contribution in [0, 0.1) is 13.8 Å². The molecule has 4 rings (SSSR count). The number of fused-ring (bicyclic) bond motifs is 1. The summed E-state index contributed by atoms with van der Waals surface area (Å²) in [5, 5.41) is 3.03. The number of sulfonamides is 1. The number of carbonyl (C=O) groups excluding carboxylic acids is 2. The Morgan fingerprint density at radius 1 is 1.06 bits per heavy atom. The first-order valence-electron chi connectivity index (χ1n) is 10.6. The number of hydrogen-bond acceptors (Lipinski definition) is 5. The van der Waals surface area contributed by atoms with Gasteiger partial charge < -0.3 is 10.1 Å². The van der Waals surface area contributed by atoms with E-state index in [1.165, 1.54) is 28.6 Å². The van der Waals surface area contributed by atoms with E-state index in [2.05, 4.69) is 5.32 Å². The number of hydrogen-bond donors (Lipinski definition) is 1. The van der Waals surface area contributed by atoms with Gasteiger partial charge in [0.25, 0.3) is 15.9 Å². The molecule has 0 bridgehead atoms. The van der Waals surface area contributed by atoms with Crippen molar-refractivity contribution in [2.45, 2.75) is 25.2 Å². The topological polar surface area (TPSA) is 92.8 Å². The van der Waals surface area contributed by atoms with Gasteiger partial charge in [0.05, 0.1) is 26.9 Å². The second-order valence-electron chi connectivity index (χ2n) is 8.05. The summed E-state index contributed by atoms with van der Waals surface area (Å²) < 4.78 is 32.9. The van der Waals surface area contributed by atoms with Gasteiger partial charge >= 0.3 is 5.97 Å². The van der Waals surface area contributed by atoms with Crippen molar-refractivity contribution in [3.63, 3.8) is 0 Å². The molecule has 1 heterocycles. The van der Waals surface area contributed by atoms with Gasteiger partial charge in [-0.05, 0) is 67.3 Å². The van der Waals surface area contributed by atoms with Crippen molar-refractivity contribution in [2.24, 2.45) is 0 Å². The fourth-order valence-electron chi connectivity index (χ4n) is 3.93. The average molecular weight is 499 g/mol. The number of para-hydroxylation sites is 1. The summed E-state index contributed by atoms with van der Waals surface area (Å²) in [7, 11) is -3.86. The lowest BCUT2D eigenvalue weighted by atomic mass is 10.1. The van der Waals surface area contributed by atoms with E-state index < -0.39 is 28.5 Å². The monoisotopic (exact) mass is 498 g/mol. The fraction of sp³-hybridized carbons (Fsp3) is 0.200. The predicted molar refractivity (Wildman–Crippen MR) is 131 cm³/mol. The molecule has 3 aromatic rings. The van der Waals surface area contributed by atoms with Crippen LogP contribution in [0.4, 0.5) is 11.4 Å². The number of amides is 1. The van der Waals surface area contributed by atoms with Crippen LogP contribution in [0.2, 0.25) is 5.02 Å². The standard InChI is InChI=1S/C25H23ClN2O5S/c1-16-12-17(2)24(21(26)13-16)27-23(29)15-33-25(30)19-7-5-8-20(14-19)34(31,32)28-11-10-18-6-3-4-9-22(18)28/h3-9,12-14H,10-11,15H2,1-2H3,(H,27,29). The zero-order valence-corrected chi connectivity index (χ0v) is 20.2. The highest BCUT2D eigenvalue weighted by Gasteiger charge is 2.31. The highest BCUT2D eigenvalue weighted by atomic mass is 35.5. The molecule has 0 aliphatic carbocycles. The van der Waals surface area contributed by atoms with Crippen LogP contribution < -0.4 is 9.62 Å². The number of anilines is 2. The van der Waals surface area contributed by atoms with Gasteiger partial charge in [-0.1, -0.05) is 41.9 Å². The summed E-state index contributed by atoms with van der Waals surface area (Å²) in [5.41, 5.74) is 3.82. The number of halogens is 1. The van der Waals surface area contributed by atoms with Crippen molar-refractivity contribution in [3.8, 4) is 0 Å². The number of aryl methyl sites for hydroxylation is 2. The van der Waals surface area contributed by atoms with Crippen LogP contribution in [-0.4, -0.2) is 33.4 Å². The summed E-state index contributed by atoms with van der Waals surface area (Å²) >= 11 is 6.20. The van der Waals surface area contributed by atoms with E-state index in [0.717, 1.165) is 16.7 Å². The molecule has 0 aromatic heterocycles. The van der Waals surface area contributed by atoms with E-state index in [1.807, 2.05) is 32.0 Å². The van der Waals surface area contributed by atoms with Crippen LogP contribution in [0.15, 0.2) is 65.6 Å². The highest BCUT2D eigenvalue weighted by molar-refractivity contribution is 7.92. The lowest BCUT2D eigenvalue weighted by Gasteiger charge is -2.19. The maximum Gasteiger partial charge on any atom is 0.338 e. The van der Waals surface area contributed by atoms with Crippen LogP contribution in [0.1, 0.15) is 27.0 Å². The van der Waals surface area contributed by atoms with Gasteiger partial charge in [0.2, 0.25) is 0 Å². The van der Waals surface area contributed by atoms with Crippen LogP contribution in [0.25, 0.3) is 0 Å². The maximum atomic E-state index is 13.2. The quantitative estimate of drug-likeness (QED) is 0.505. The SMILES string of the molecule is Cc1cc(C)c(NC(=O)COC(=O)c2cccc(S(=O)(=O)N3CCc4ccccc43)c2)c(Cl)c1. The average Bonchev–Trinajstić information content (AvgIpc) is 3.25. The Hall–Kier alpha value is -3.36. The molecule has 34 heavy (non-hydrogen) atoms. The second-order valence-corrected chi connectivity index (χ2v) is 10.3. The third-order valence-electron chi connectivity index (χ3n) is 5.53. The summed E-state index contributed by atoms with van der Waals surface area (Å²) in [4.78, 5) is 24.8. The van der Waals surface area contributed by atoms with E-state index in [1.54, 1.807) is 18.2 Å². The molecule has 3 aromatic carbocycles. The van der Waals surface area contributed by atoms with E-state index >= 15 is 0 Å². The Balaban J connectivity index is 1.45. The third kappa shape index (κ3) is 4.78. The molecule has 9 heteroatoms. The Labute approximate surface area is 203 Å². The molecule has 1 aliphatic heterocycles. The molecule has 0 spiro atoms. The van der Waals surface area contributed by atoms with E-state index in [0.29, 0.717) is 29.4 Å². The Kier molecular flexibility index (Phi) is 6.63. The van der Waals surface area contributed by atoms with Crippen LogP contribution in [0.5, 0.6) is 0 Å². The molecule has 7 nitrogen and oxygen atoms in total. The molecule has 1 amide bonds. The molecule has 0 saturated heterocycles. The van der Waals surface area contributed by atoms with Crippen molar-refractivity contribution in [1.82, 2.24) is 0 Å². The van der Waals surface area contributed by atoms with Gasteiger partial charge in [0.15, 0.2) is 6.61 Å². The van der Waals surface area contributed by atoms with E-state index in [4.69, 9.17) is 16.3 Å². The fourth-order valence-corrected chi connectivity index (χ4v) is 5.85. The number of rotatable bonds is 6. The maximum absolute atomic E-state index is 13.2. The first-order chi connectivity index (χ1) is 16.2. The number of benzene rings is 3. The number of nitrogens with one attached hydrogen (secondary N) is 1. The van der Waals surface area contributed by atoms with E-state index in [-0.39, 0.29) is 10.5 Å². The Bertz CT molecular complexity index is 1360. The normalized spacial score (nSPS) is 12.9. The molecule has 0 radical (unpaired) electrons. The van der Waals surface area contributed by atoms with Gasteiger partial charge in [-0.2, -0.15) is 0 Å². The molecule has 1 N–H and O–H groups in total. The number of carbonyl (C=O) groups is 2. The molecule has 0 atom stereocenters. The summed E-state index contributed by atoms with van der Waals surface area (Å²) in [6.07, 6.45) is 0.622. The predicted octanol–water partition coefficient (Wildman–Crippen LogP) is 4.50. The van der Waals surface area contributed by atoms with Crippen molar-refractivity contribution in [1.29, 1.82) is 0 Å². The van der Waals surface area contributed by atoms with Crippen molar-refractivity contribution in [2.75, 3.05) is 22.8 Å². The first-order valence-corrected chi connectivity index (χ1v) is 12.4. The number of nitrogens with zero attached hydrogens (tertiary/aromatic N) is 1. The van der Waals surface area contributed by atoms with Crippen molar-refractivity contribution < 1.29 is 22.7 Å². The molecule has 1 aliphatic rings. The molecular formula is C25H23ClN2O5S. The largest absolute Gasteiger partial charge is 0.452 e. The third-order valence-corrected chi connectivity index (χ3v) is 7.64. The van der Waals surface area contributed by atoms with E-state index in [9.17, 15) is 18.0 Å². The minimum Gasteiger partial charge on any atom is -0.452 e. The Morgan fingerprint density at radius 3 is 2.59 bits per heavy atom. The summed E-state index contributed by atoms with van der Waals surface area (Å²) in [6.45, 7) is 3.49. The molecule has 176 valence electrons. The van der Waals surface area contributed by atoms with Crippen LogP contribution in [-0.2, 0) is 26.0 Å². The highest BCUT2D eigenvalue weighted by Crippen LogP contribution is 2.33. The zero-order valence-electron chi connectivity index (χ0n) is 18.7. The minimum absolute atomic E-state index is 0.0230. The van der Waals surface area contributed by atoms with Crippen LogP contribution in [0.3, 0.4) is 0 Å². The molecular weight excluding hydrogens is 476 g/mol. The summed E-state index contributed by atoms with van der Waals surface area (Å²) in [5.74, 6) is -1.36. The lowest BCUT2D eigenvalue weighted by Crippen LogP contribution is -2.29. The van der Waals surface area contributed by atoms with Crippen molar-refractivity contribution in [3.05, 3.63) is 87.9 Å². The van der Waals surface area contributed by atoms with Gasteiger partial charge in [-0.3, -0.25) is 9.10 Å². The van der Waals surface area contributed by atoms with Gasteiger partial charge in [-0.15, -0.1) is 0 Å². The molecule has 0 unspecified atom stereocenters.